The van der Waals surface area contributed by atoms with Crippen LogP contribution in [-0.4, -0.2) is 38.8 Å². The second-order valence-corrected chi connectivity index (χ2v) is 4.94. The Labute approximate surface area is 115 Å². The van der Waals surface area contributed by atoms with Crippen molar-refractivity contribution in [2.75, 3.05) is 33.9 Å². The highest BCUT2D eigenvalue weighted by Crippen LogP contribution is 2.36. The predicted octanol–water partition coefficient (Wildman–Crippen LogP) is 2.19. The van der Waals surface area contributed by atoms with Gasteiger partial charge in [-0.3, -0.25) is 4.90 Å². The van der Waals surface area contributed by atoms with Gasteiger partial charge >= 0.3 is 0 Å². The highest BCUT2D eigenvalue weighted by Gasteiger charge is 2.25. The summed E-state index contributed by atoms with van der Waals surface area (Å²) in [5, 5.41) is 0. The predicted molar refractivity (Wildman–Crippen MR) is 76.8 cm³/mol. The van der Waals surface area contributed by atoms with Gasteiger partial charge in [-0.25, -0.2) is 0 Å². The quantitative estimate of drug-likeness (QED) is 0.855. The Hall–Kier alpha value is -1.26. The van der Waals surface area contributed by atoms with Crippen LogP contribution in [0.5, 0.6) is 11.5 Å². The van der Waals surface area contributed by atoms with E-state index in [-0.39, 0.29) is 0 Å². The van der Waals surface area contributed by atoms with Crippen LogP contribution < -0.4 is 15.2 Å². The summed E-state index contributed by atoms with van der Waals surface area (Å²) in [6.45, 7) is 2.97. The van der Waals surface area contributed by atoms with Gasteiger partial charge in [0.25, 0.3) is 0 Å². The Kier molecular flexibility index (Phi) is 5.05. The topological polar surface area (TPSA) is 47.7 Å². The number of likely N-dealkylation sites (tertiary alicyclic amines) is 1. The van der Waals surface area contributed by atoms with Crippen molar-refractivity contribution < 1.29 is 9.47 Å². The van der Waals surface area contributed by atoms with E-state index < -0.39 is 0 Å². The number of ether oxygens (including phenoxy) is 2. The van der Waals surface area contributed by atoms with Gasteiger partial charge in [-0.15, -0.1) is 0 Å². The Bertz CT molecular complexity index is 403. The molecule has 1 aliphatic rings. The largest absolute Gasteiger partial charge is 0.497 e. The molecule has 1 unspecified atom stereocenters. The van der Waals surface area contributed by atoms with Crippen molar-refractivity contribution in [2.45, 2.75) is 25.3 Å². The molecule has 1 aromatic carbocycles. The van der Waals surface area contributed by atoms with Crippen molar-refractivity contribution in [2.24, 2.45) is 5.73 Å². The second-order valence-electron chi connectivity index (χ2n) is 4.94. The lowest BCUT2D eigenvalue weighted by molar-refractivity contribution is 0.229. The summed E-state index contributed by atoms with van der Waals surface area (Å²) in [6, 6.07) is 6.33. The third-order valence-corrected chi connectivity index (χ3v) is 3.82. The molecule has 4 nitrogen and oxygen atoms in total. The first-order valence-corrected chi connectivity index (χ1v) is 6.96. The lowest BCUT2D eigenvalue weighted by atomic mass is 10.0. The van der Waals surface area contributed by atoms with Crippen LogP contribution in [0.4, 0.5) is 0 Å². The summed E-state index contributed by atoms with van der Waals surface area (Å²) < 4.78 is 10.8. The van der Waals surface area contributed by atoms with E-state index in [0.717, 1.165) is 31.0 Å². The maximum absolute atomic E-state index is 5.80. The van der Waals surface area contributed by atoms with Crippen LogP contribution in [0.2, 0.25) is 0 Å². The molecule has 1 fully saturated rings. The molecule has 0 spiro atoms. The molecule has 1 atom stereocenters. The second kappa shape index (κ2) is 6.78. The van der Waals surface area contributed by atoms with E-state index in [2.05, 4.69) is 11.0 Å². The van der Waals surface area contributed by atoms with Gasteiger partial charge in [0.05, 0.1) is 14.2 Å². The van der Waals surface area contributed by atoms with Crippen LogP contribution in [0.25, 0.3) is 0 Å². The van der Waals surface area contributed by atoms with Gasteiger partial charge in [-0.1, -0.05) is 0 Å². The van der Waals surface area contributed by atoms with E-state index in [4.69, 9.17) is 15.2 Å². The van der Waals surface area contributed by atoms with Gasteiger partial charge in [-0.2, -0.15) is 0 Å². The van der Waals surface area contributed by atoms with Crippen LogP contribution in [0.15, 0.2) is 18.2 Å². The molecule has 2 rings (SSSR count). The fourth-order valence-corrected chi connectivity index (χ4v) is 2.85. The van der Waals surface area contributed by atoms with Gasteiger partial charge in [0.15, 0.2) is 0 Å². The number of hydrogen-bond acceptors (Lipinski definition) is 4. The third-order valence-electron chi connectivity index (χ3n) is 3.82. The number of nitrogens with zero attached hydrogens (tertiary/aromatic N) is 1. The van der Waals surface area contributed by atoms with E-state index >= 15 is 0 Å². The summed E-state index contributed by atoms with van der Waals surface area (Å²) in [5.74, 6) is 1.79. The zero-order valence-corrected chi connectivity index (χ0v) is 11.9. The van der Waals surface area contributed by atoms with Crippen molar-refractivity contribution in [1.82, 2.24) is 4.90 Å². The maximum Gasteiger partial charge on any atom is 0.123 e. The van der Waals surface area contributed by atoms with E-state index in [0.29, 0.717) is 12.6 Å². The van der Waals surface area contributed by atoms with Crippen LogP contribution in [-0.2, 0) is 0 Å². The zero-order valence-electron chi connectivity index (χ0n) is 11.9. The molecule has 0 bridgehead atoms. The fourth-order valence-electron chi connectivity index (χ4n) is 2.85. The molecule has 106 valence electrons. The zero-order chi connectivity index (χ0) is 13.7. The highest BCUT2D eigenvalue weighted by molar-refractivity contribution is 5.42. The van der Waals surface area contributed by atoms with E-state index in [9.17, 15) is 0 Å². The minimum Gasteiger partial charge on any atom is -0.497 e. The molecule has 0 aromatic heterocycles. The minimum atomic E-state index is 0.331. The first kappa shape index (κ1) is 14.2. The molecule has 1 heterocycles. The fraction of sp³-hybridized carbons (Fsp3) is 0.600. The Morgan fingerprint density at radius 1 is 1.21 bits per heavy atom. The van der Waals surface area contributed by atoms with Gasteiger partial charge in [0, 0.05) is 11.6 Å². The average molecular weight is 264 g/mol. The number of nitrogens with two attached hydrogens (primary N) is 1. The van der Waals surface area contributed by atoms with Gasteiger partial charge < -0.3 is 15.2 Å². The number of rotatable bonds is 6. The molecule has 0 radical (unpaired) electrons. The Balaban J connectivity index is 2.32. The summed E-state index contributed by atoms with van der Waals surface area (Å²) in [4.78, 5) is 2.50. The van der Waals surface area contributed by atoms with Crippen LogP contribution >= 0.6 is 0 Å². The molecular formula is C15H24N2O2. The van der Waals surface area contributed by atoms with Crippen molar-refractivity contribution in [3.63, 3.8) is 0 Å². The highest BCUT2D eigenvalue weighted by atomic mass is 16.5. The molecular weight excluding hydrogens is 240 g/mol. The van der Waals surface area contributed by atoms with Crippen LogP contribution in [0, 0.1) is 0 Å². The SMILES string of the molecule is COc1ccc(OC)c(C(CCN)N2CCCC2)c1. The number of methoxy groups -OCH3 is 2. The lowest BCUT2D eigenvalue weighted by Crippen LogP contribution is -2.28. The van der Waals surface area contributed by atoms with E-state index in [1.165, 1.54) is 18.4 Å². The Morgan fingerprint density at radius 3 is 2.53 bits per heavy atom. The molecule has 4 heteroatoms. The van der Waals surface area contributed by atoms with Crippen molar-refractivity contribution in [3.05, 3.63) is 23.8 Å². The van der Waals surface area contributed by atoms with Crippen molar-refractivity contribution >= 4 is 0 Å². The monoisotopic (exact) mass is 264 g/mol. The van der Waals surface area contributed by atoms with Crippen molar-refractivity contribution in [1.29, 1.82) is 0 Å². The summed E-state index contributed by atoms with van der Waals surface area (Å²) in [6.07, 6.45) is 3.49. The maximum atomic E-state index is 5.80. The molecule has 1 saturated heterocycles. The Morgan fingerprint density at radius 2 is 1.95 bits per heavy atom. The van der Waals surface area contributed by atoms with Crippen molar-refractivity contribution in [3.8, 4) is 11.5 Å². The molecule has 1 aromatic rings. The molecule has 2 N–H and O–H groups in total. The first-order chi connectivity index (χ1) is 9.30. The van der Waals surface area contributed by atoms with Gasteiger partial charge in [-0.05, 0) is 57.1 Å². The van der Waals surface area contributed by atoms with Crippen LogP contribution in [0.1, 0.15) is 30.9 Å². The summed E-state index contributed by atoms with van der Waals surface area (Å²) in [5.41, 5.74) is 6.99. The minimum absolute atomic E-state index is 0.331. The molecule has 19 heavy (non-hydrogen) atoms. The lowest BCUT2D eigenvalue weighted by Gasteiger charge is -2.29. The normalized spacial score (nSPS) is 17.4. The third kappa shape index (κ3) is 3.19. The molecule has 0 amide bonds. The number of hydrogen-bond donors (Lipinski definition) is 1. The van der Waals surface area contributed by atoms with E-state index in [1.54, 1.807) is 14.2 Å². The molecule has 0 aliphatic carbocycles. The molecule has 0 saturated carbocycles. The van der Waals surface area contributed by atoms with Gasteiger partial charge in [0.2, 0.25) is 0 Å². The van der Waals surface area contributed by atoms with Gasteiger partial charge in [0.1, 0.15) is 11.5 Å². The summed E-state index contributed by atoms with van der Waals surface area (Å²) >= 11 is 0. The van der Waals surface area contributed by atoms with Crippen LogP contribution in [0.3, 0.4) is 0 Å². The smallest absolute Gasteiger partial charge is 0.123 e. The molecule has 1 aliphatic heterocycles. The standard InChI is InChI=1S/C15H24N2O2/c1-18-12-5-6-15(19-2)13(11-12)14(7-8-16)17-9-3-4-10-17/h5-6,11,14H,3-4,7-10,16H2,1-2H3. The average Bonchev–Trinajstić information content (AvgIpc) is 2.98. The summed E-state index contributed by atoms with van der Waals surface area (Å²) in [7, 11) is 3.41. The first-order valence-electron chi connectivity index (χ1n) is 6.96. The number of benzene rings is 1. The van der Waals surface area contributed by atoms with E-state index in [1.807, 2.05) is 12.1 Å².